The third-order valence-corrected chi connectivity index (χ3v) is 6.27. The number of fused-ring (bicyclic) bond motifs is 2. The highest BCUT2D eigenvalue weighted by Gasteiger charge is 2.20. The van der Waals surface area contributed by atoms with Gasteiger partial charge in [0.1, 0.15) is 0 Å². The number of benzene rings is 3. The Balaban J connectivity index is 0.00000132. The lowest BCUT2D eigenvalue weighted by atomic mass is 10.0. The fourth-order valence-electron chi connectivity index (χ4n) is 3.11. The Kier molecular flexibility index (Phi) is 8.10. The quantitative estimate of drug-likeness (QED) is 0.319. The zero-order chi connectivity index (χ0) is 22.4. The van der Waals surface area contributed by atoms with Crippen LogP contribution in [0.1, 0.15) is 49.2 Å². The van der Waals surface area contributed by atoms with Crippen LogP contribution in [0.3, 0.4) is 0 Å². The lowest BCUT2D eigenvalue weighted by molar-refractivity contribution is 0.0949. The van der Waals surface area contributed by atoms with E-state index in [1.165, 1.54) is 0 Å². The van der Waals surface area contributed by atoms with Crippen molar-refractivity contribution in [2.75, 3.05) is 6.54 Å². The van der Waals surface area contributed by atoms with Crippen LogP contribution in [0.25, 0.3) is 0 Å². The SMILES string of the molecule is CC.CC(C)CNC(=O)c1ccc2c(c1)N=C(c1ccc(Br)cc1)c1ccccc1S2. The van der Waals surface area contributed by atoms with Crippen molar-refractivity contribution < 1.29 is 4.79 Å². The summed E-state index contributed by atoms with van der Waals surface area (Å²) in [5.74, 6) is 0.348. The van der Waals surface area contributed by atoms with Gasteiger partial charge in [-0.2, -0.15) is 0 Å². The third-order valence-electron chi connectivity index (χ3n) is 4.60. The second kappa shape index (κ2) is 10.8. The Hall–Kier alpha value is -2.37. The van der Waals surface area contributed by atoms with Gasteiger partial charge in [-0.1, -0.05) is 85.7 Å². The van der Waals surface area contributed by atoms with Crippen LogP contribution < -0.4 is 5.32 Å². The first-order valence-electron chi connectivity index (χ1n) is 10.6. The fraction of sp³-hybridized carbons (Fsp3) is 0.231. The van der Waals surface area contributed by atoms with E-state index < -0.39 is 0 Å². The average molecular weight is 495 g/mol. The van der Waals surface area contributed by atoms with Gasteiger partial charge in [0.2, 0.25) is 0 Å². The van der Waals surface area contributed by atoms with Crippen molar-refractivity contribution in [3.63, 3.8) is 0 Å². The lowest BCUT2D eigenvalue weighted by Gasteiger charge is -2.09. The summed E-state index contributed by atoms with van der Waals surface area (Å²) in [7, 11) is 0. The van der Waals surface area contributed by atoms with Crippen LogP contribution in [-0.4, -0.2) is 18.2 Å². The molecule has 0 radical (unpaired) electrons. The van der Waals surface area contributed by atoms with E-state index in [4.69, 9.17) is 4.99 Å². The van der Waals surface area contributed by atoms with Crippen molar-refractivity contribution in [1.29, 1.82) is 0 Å². The summed E-state index contributed by atoms with van der Waals surface area (Å²) in [5.41, 5.74) is 4.51. The number of nitrogens with zero attached hydrogens (tertiary/aromatic N) is 1. The number of hydrogen-bond donors (Lipinski definition) is 1. The number of rotatable bonds is 4. The number of carbonyl (C=O) groups excluding carboxylic acids is 1. The highest BCUT2D eigenvalue weighted by atomic mass is 79.9. The van der Waals surface area contributed by atoms with E-state index in [1.807, 2.05) is 56.3 Å². The van der Waals surface area contributed by atoms with E-state index >= 15 is 0 Å². The minimum atomic E-state index is -0.0614. The van der Waals surface area contributed by atoms with Gasteiger partial charge in [0.05, 0.1) is 11.4 Å². The zero-order valence-corrected chi connectivity index (χ0v) is 20.7. The van der Waals surface area contributed by atoms with Crippen LogP contribution in [0, 0.1) is 5.92 Å². The second-order valence-electron chi connectivity index (χ2n) is 7.35. The molecule has 0 aliphatic carbocycles. The molecule has 5 heteroatoms. The van der Waals surface area contributed by atoms with E-state index in [9.17, 15) is 4.79 Å². The summed E-state index contributed by atoms with van der Waals surface area (Å²) in [6.45, 7) is 8.82. The van der Waals surface area contributed by atoms with Crippen LogP contribution in [0.5, 0.6) is 0 Å². The first-order chi connectivity index (χ1) is 15.0. The van der Waals surface area contributed by atoms with E-state index in [0.717, 1.165) is 36.8 Å². The van der Waals surface area contributed by atoms with E-state index in [1.54, 1.807) is 11.8 Å². The van der Waals surface area contributed by atoms with E-state index in [-0.39, 0.29) is 5.91 Å². The Labute approximate surface area is 197 Å². The maximum absolute atomic E-state index is 12.6. The topological polar surface area (TPSA) is 41.5 Å². The summed E-state index contributed by atoms with van der Waals surface area (Å²) in [5, 5.41) is 2.99. The molecule has 4 rings (SSSR count). The van der Waals surface area contributed by atoms with Gasteiger partial charge >= 0.3 is 0 Å². The first-order valence-corrected chi connectivity index (χ1v) is 12.2. The summed E-state index contributed by atoms with van der Waals surface area (Å²) in [4.78, 5) is 19.8. The fourth-order valence-corrected chi connectivity index (χ4v) is 4.38. The number of carbonyl (C=O) groups is 1. The summed E-state index contributed by atoms with van der Waals surface area (Å²) >= 11 is 5.19. The van der Waals surface area contributed by atoms with Gasteiger partial charge in [-0.05, 0) is 42.3 Å². The highest BCUT2D eigenvalue weighted by Crippen LogP contribution is 2.41. The van der Waals surface area contributed by atoms with Crippen LogP contribution >= 0.6 is 27.7 Å². The molecule has 1 aliphatic rings. The van der Waals surface area contributed by atoms with Gasteiger partial charge in [0.15, 0.2) is 0 Å². The minimum Gasteiger partial charge on any atom is -0.352 e. The molecule has 1 heterocycles. The molecule has 1 amide bonds. The molecule has 3 nitrogen and oxygen atoms in total. The predicted octanol–water partition coefficient (Wildman–Crippen LogP) is 7.49. The third kappa shape index (κ3) is 5.66. The lowest BCUT2D eigenvalue weighted by Crippen LogP contribution is -2.27. The van der Waals surface area contributed by atoms with Crippen molar-refractivity contribution in [3.05, 3.63) is 87.9 Å². The predicted molar refractivity (Wildman–Crippen MR) is 135 cm³/mol. The molecule has 3 aromatic carbocycles. The maximum Gasteiger partial charge on any atom is 0.251 e. The van der Waals surface area contributed by atoms with Gasteiger partial charge in [-0.25, -0.2) is 4.99 Å². The van der Waals surface area contributed by atoms with E-state index in [2.05, 4.69) is 59.4 Å². The number of aliphatic imine (C=N–C) groups is 1. The standard InChI is InChI=1S/C24H21BrN2OS.C2H6/c1-15(2)14-26-24(28)17-9-12-22-20(13-17)27-23(16-7-10-18(25)11-8-16)19-5-3-4-6-21(19)29-22;1-2/h3-13,15H,14H2,1-2H3,(H,26,28);1-2H3. The van der Waals surface area contributed by atoms with Crippen molar-refractivity contribution in [3.8, 4) is 0 Å². The van der Waals surface area contributed by atoms with Crippen LogP contribution in [0.2, 0.25) is 0 Å². The molecule has 160 valence electrons. The average Bonchev–Trinajstić information content (AvgIpc) is 2.95. The second-order valence-corrected chi connectivity index (χ2v) is 9.35. The van der Waals surface area contributed by atoms with Gasteiger partial charge in [0, 0.05) is 37.5 Å². The molecule has 0 saturated carbocycles. The molecule has 0 bridgehead atoms. The Bertz CT molecular complexity index is 1090. The summed E-state index contributed by atoms with van der Waals surface area (Å²) in [6, 6.07) is 22.2. The Morgan fingerprint density at radius 3 is 2.42 bits per heavy atom. The van der Waals surface area contributed by atoms with E-state index in [0.29, 0.717) is 18.0 Å². The molecule has 0 fully saturated rings. The van der Waals surface area contributed by atoms with Gasteiger partial charge in [0.25, 0.3) is 5.91 Å². The molecule has 31 heavy (non-hydrogen) atoms. The van der Waals surface area contributed by atoms with Crippen LogP contribution in [0.4, 0.5) is 5.69 Å². The molecule has 0 unspecified atom stereocenters. The zero-order valence-electron chi connectivity index (χ0n) is 18.3. The Morgan fingerprint density at radius 1 is 1.00 bits per heavy atom. The maximum atomic E-state index is 12.6. The van der Waals surface area contributed by atoms with Gasteiger partial charge in [-0.3, -0.25) is 4.79 Å². The largest absolute Gasteiger partial charge is 0.352 e. The van der Waals surface area contributed by atoms with Crippen LogP contribution in [-0.2, 0) is 0 Å². The van der Waals surface area contributed by atoms with Crippen molar-refractivity contribution >= 4 is 45.0 Å². The first kappa shape index (κ1) is 23.3. The Morgan fingerprint density at radius 2 is 1.71 bits per heavy atom. The smallest absolute Gasteiger partial charge is 0.251 e. The molecule has 0 spiro atoms. The molecule has 0 atom stereocenters. The monoisotopic (exact) mass is 494 g/mol. The van der Waals surface area contributed by atoms with Crippen LogP contribution in [0.15, 0.2) is 86.0 Å². The van der Waals surface area contributed by atoms with Crippen molar-refractivity contribution in [1.82, 2.24) is 5.32 Å². The number of nitrogens with one attached hydrogen (secondary N) is 1. The summed E-state index contributed by atoms with van der Waals surface area (Å²) < 4.78 is 1.03. The molecule has 1 N–H and O–H groups in total. The molecular weight excluding hydrogens is 468 g/mol. The highest BCUT2D eigenvalue weighted by molar-refractivity contribution is 9.10. The number of amides is 1. The number of hydrogen-bond acceptors (Lipinski definition) is 3. The van der Waals surface area contributed by atoms with Crippen molar-refractivity contribution in [2.24, 2.45) is 10.9 Å². The van der Waals surface area contributed by atoms with Crippen molar-refractivity contribution in [2.45, 2.75) is 37.5 Å². The molecule has 0 aromatic heterocycles. The van der Waals surface area contributed by atoms with Gasteiger partial charge < -0.3 is 5.32 Å². The number of halogens is 1. The van der Waals surface area contributed by atoms with Gasteiger partial charge in [-0.15, -0.1) is 0 Å². The summed E-state index contributed by atoms with van der Waals surface area (Å²) in [6.07, 6.45) is 0. The molecule has 1 aliphatic heterocycles. The molecule has 3 aromatic rings. The molecule has 0 saturated heterocycles. The molecular formula is C26H27BrN2OS. The normalized spacial score (nSPS) is 12.0. The minimum absolute atomic E-state index is 0.0614.